The number of benzene rings is 1. The van der Waals surface area contributed by atoms with E-state index < -0.39 is 12.1 Å². The number of halogens is 4. The van der Waals surface area contributed by atoms with Gasteiger partial charge < -0.3 is 24.0 Å². The van der Waals surface area contributed by atoms with Gasteiger partial charge in [-0.3, -0.25) is 9.69 Å². The number of hydrogen-bond acceptors (Lipinski definition) is 7. The maximum Gasteiger partial charge on any atom is 0.490 e. The van der Waals surface area contributed by atoms with Crippen LogP contribution in [0.1, 0.15) is 29.0 Å². The van der Waals surface area contributed by atoms with Crippen LogP contribution in [0, 0.1) is 25.1 Å². The van der Waals surface area contributed by atoms with Gasteiger partial charge in [-0.25, -0.2) is 9.18 Å². The lowest BCUT2D eigenvalue weighted by molar-refractivity contribution is -0.192. The zero-order valence-corrected chi connectivity index (χ0v) is 20.7. The van der Waals surface area contributed by atoms with E-state index in [0.29, 0.717) is 63.7 Å². The van der Waals surface area contributed by atoms with Crippen LogP contribution in [0.25, 0.3) is 0 Å². The van der Waals surface area contributed by atoms with E-state index in [9.17, 15) is 22.4 Å². The van der Waals surface area contributed by atoms with Crippen LogP contribution in [0.3, 0.4) is 0 Å². The number of carboxylic acid groups (broad SMARTS) is 1. The molecule has 2 fully saturated rings. The van der Waals surface area contributed by atoms with E-state index in [2.05, 4.69) is 10.1 Å². The lowest BCUT2D eigenvalue weighted by Gasteiger charge is -2.31. The van der Waals surface area contributed by atoms with Crippen molar-refractivity contribution in [1.82, 2.24) is 15.0 Å². The van der Waals surface area contributed by atoms with Crippen LogP contribution in [0.15, 0.2) is 22.7 Å². The molecule has 37 heavy (non-hydrogen) atoms. The maximum absolute atomic E-state index is 14.5. The third-order valence-electron chi connectivity index (χ3n) is 6.35. The van der Waals surface area contributed by atoms with E-state index in [0.717, 1.165) is 17.0 Å². The average molecular weight is 532 g/mol. The first-order valence-electron chi connectivity index (χ1n) is 11.5. The van der Waals surface area contributed by atoms with E-state index in [4.69, 9.17) is 23.9 Å². The number of amides is 1. The molecule has 1 aromatic carbocycles. The monoisotopic (exact) mass is 531 g/mol. The minimum atomic E-state index is -5.08. The topological polar surface area (TPSA) is 105 Å². The Kier molecular flexibility index (Phi) is 8.80. The number of aliphatic carboxylic acids is 1. The molecule has 9 nitrogen and oxygen atoms in total. The minimum absolute atomic E-state index is 0.107. The number of aryl methyl sites for hydroxylation is 2. The third-order valence-corrected chi connectivity index (χ3v) is 6.35. The van der Waals surface area contributed by atoms with Crippen molar-refractivity contribution in [2.24, 2.45) is 5.41 Å². The fourth-order valence-electron chi connectivity index (χ4n) is 4.49. The Bertz CT molecular complexity index is 1100. The van der Waals surface area contributed by atoms with Gasteiger partial charge in [0.05, 0.1) is 32.6 Å². The molecule has 0 radical (unpaired) electrons. The third kappa shape index (κ3) is 7.19. The number of aromatic nitrogens is 1. The fourth-order valence-corrected chi connectivity index (χ4v) is 4.49. The van der Waals surface area contributed by atoms with Crippen molar-refractivity contribution in [2.45, 2.75) is 39.5 Å². The van der Waals surface area contributed by atoms with E-state index in [1.165, 1.54) is 13.2 Å². The highest BCUT2D eigenvalue weighted by Gasteiger charge is 2.45. The number of carbonyl (C=O) groups excluding carboxylic acids is 1. The van der Waals surface area contributed by atoms with Crippen molar-refractivity contribution in [2.75, 3.05) is 40.0 Å². The van der Waals surface area contributed by atoms with Gasteiger partial charge in [0.2, 0.25) is 5.91 Å². The van der Waals surface area contributed by atoms with Crippen molar-refractivity contribution >= 4 is 11.9 Å². The quantitative estimate of drug-likeness (QED) is 0.586. The van der Waals surface area contributed by atoms with Gasteiger partial charge in [-0.15, -0.1) is 0 Å². The molecule has 204 valence electrons. The van der Waals surface area contributed by atoms with Gasteiger partial charge in [-0.2, -0.15) is 13.2 Å². The second kappa shape index (κ2) is 11.5. The molecule has 1 spiro atoms. The Morgan fingerprint density at radius 1 is 1.24 bits per heavy atom. The summed E-state index contributed by atoms with van der Waals surface area (Å²) in [6, 6.07) is 4.94. The summed E-state index contributed by atoms with van der Waals surface area (Å²) in [5, 5.41) is 11.1. The zero-order valence-electron chi connectivity index (χ0n) is 20.7. The molecule has 1 N–H and O–H groups in total. The van der Waals surface area contributed by atoms with Crippen LogP contribution >= 0.6 is 0 Å². The summed E-state index contributed by atoms with van der Waals surface area (Å²) < 4.78 is 62.4. The molecule has 0 saturated carbocycles. The van der Waals surface area contributed by atoms with E-state index >= 15 is 0 Å². The number of ether oxygens (including phenoxy) is 2. The van der Waals surface area contributed by atoms with E-state index in [-0.39, 0.29) is 17.1 Å². The number of carboxylic acids is 1. The van der Waals surface area contributed by atoms with Gasteiger partial charge in [0.25, 0.3) is 0 Å². The van der Waals surface area contributed by atoms with Crippen molar-refractivity contribution in [1.29, 1.82) is 0 Å². The molecule has 0 aliphatic carbocycles. The molecule has 1 unspecified atom stereocenters. The van der Waals surface area contributed by atoms with Gasteiger partial charge >= 0.3 is 12.1 Å². The standard InChI is InChI=1S/C22H28FN3O4.C2HF3O2/c1-15-19(16(2)30-24-15)11-26-13-22(9-21(26)27)12-25(6-7-29-14-22)10-17-4-5-18(28-3)8-20(17)23;3-2(4,5)1(6)7/h4-5,8H,6-7,9-14H2,1-3H3;(H,6,7). The Labute approximate surface area is 210 Å². The van der Waals surface area contributed by atoms with Crippen molar-refractivity contribution in [3.63, 3.8) is 0 Å². The normalized spacial score (nSPS) is 20.5. The van der Waals surface area contributed by atoms with Crippen molar-refractivity contribution < 1.29 is 46.3 Å². The van der Waals surface area contributed by atoms with Gasteiger partial charge in [-0.05, 0) is 19.9 Å². The highest BCUT2D eigenvalue weighted by molar-refractivity contribution is 5.79. The molecule has 4 rings (SSSR count). The minimum Gasteiger partial charge on any atom is -0.497 e. The highest BCUT2D eigenvalue weighted by atomic mass is 19.4. The van der Waals surface area contributed by atoms with Crippen LogP contribution < -0.4 is 4.74 Å². The molecule has 2 aliphatic rings. The largest absolute Gasteiger partial charge is 0.497 e. The predicted molar refractivity (Wildman–Crippen MR) is 121 cm³/mol. The summed E-state index contributed by atoms with van der Waals surface area (Å²) in [6.07, 6.45) is -4.65. The molecule has 13 heteroatoms. The number of carbonyl (C=O) groups is 2. The zero-order chi connectivity index (χ0) is 27.4. The summed E-state index contributed by atoms with van der Waals surface area (Å²) in [5.74, 6) is -1.68. The first-order valence-corrected chi connectivity index (χ1v) is 11.5. The van der Waals surface area contributed by atoms with Gasteiger partial charge in [0.15, 0.2) is 0 Å². The predicted octanol–water partition coefficient (Wildman–Crippen LogP) is 3.32. The van der Waals surface area contributed by atoms with Crippen molar-refractivity contribution in [3.8, 4) is 5.75 Å². The Morgan fingerprint density at radius 2 is 1.95 bits per heavy atom. The summed E-state index contributed by atoms with van der Waals surface area (Å²) in [6.45, 7) is 7.81. The first kappa shape index (κ1) is 28.4. The summed E-state index contributed by atoms with van der Waals surface area (Å²) in [4.78, 5) is 25.8. The number of methoxy groups -OCH3 is 1. The van der Waals surface area contributed by atoms with E-state index in [1.807, 2.05) is 18.7 Å². The second-order valence-corrected chi connectivity index (χ2v) is 9.25. The number of alkyl halides is 3. The van der Waals surface area contributed by atoms with Crippen LogP contribution in [0.5, 0.6) is 5.75 Å². The summed E-state index contributed by atoms with van der Waals surface area (Å²) in [5.41, 5.74) is 2.10. The van der Waals surface area contributed by atoms with Gasteiger partial charge in [-0.1, -0.05) is 11.2 Å². The van der Waals surface area contributed by atoms with Crippen LogP contribution in [-0.2, 0) is 27.4 Å². The summed E-state index contributed by atoms with van der Waals surface area (Å²) >= 11 is 0. The Hall–Kier alpha value is -3.19. The molecule has 3 heterocycles. The first-order chi connectivity index (χ1) is 17.3. The number of likely N-dealkylation sites (tertiary alicyclic amines) is 1. The van der Waals surface area contributed by atoms with E-state index in [1.54, 1.807) is 12.1 Å². The molecule has 1 aromatic heterocycles. The lowest BCUT2D eigenvalue weighted by atomic mass is 9.87. The number of nitrogens with zero attached hydrogens (tertiary/aromatic N) is 3. The van der Waals surface area contributed by atoms with Crippen LogP contribution in [0.2, 0.25) is 0 Å². The van der Waals surface area contributed by atoms with Crippen LogP contribution in [0.4, 0.5) is 17.6 Å². The van der Waals surface area contributed by atoms with Gasteiger partial charge in [0, 0.05) is 55.2 Å². The SMILES string of the molecule is COc1ccc(CN2CCOCC3(CC(=O)N(Cc4c(C)noc4C)C3)C2)c(F)c1.O=C(O)C(F)(F)F. The smallest absolute Gasteiger partial charge is 0.490 e. The number of rotatable bonds is 5. The molecule has 1 amide bonds. The second-order valence-electron chi connectivity index (χ2n) is 9.25. The maximum atomic E-state index is 14.5. The van der Waals surface area contributed by atoms with Gasteiger partial charge in [0.1, 0.15) is 17.3 Å². The number of hydrogen-bond donors (Lipinski definition) is 1. The molecular formula is C24H29F4N3O6. The molecule has 2 saturated heterocycles. The Balaban J connectivity index is 0.000000479. The molecular weight excluding hydrogens is 502 g/mol. The van der Waals surface area contributed by atoms with Crippen molar-refractivity contribution in [3.05, 3.63) is 46.6 Å². The average Bonchev–Trinajstić information content (AvgIpc) is 3.21. The molecule has 1 atom stereocenters. The fraction of sp³-hybridized carbons (Fsp3) is 0.542. The molecule has 2 aliphatic heterocycles. The highest BCUT2D eigenvalue weighted by Crippen LogP contribution is 2.36. The molecule has 0 bridgehead atoms. The van der Waals surface area contributed by atoms with Crippen LogP contribution in [-0.4, -0.2) is 78.1 Å². The Morgan fingerprint density at radius 3 is 2.51 bits per heavy atom. The molecule has 2 aromatic rings. The summed E-state index contributed by atoms with van der Waals surface area (Å²) in [7, 11) is 1.52. The lowest BCUT2D eigenvalue weighted by Crippen LogP contribution is -2.40.